The third-order valence-corrected chi connectivity index (χ3v) is 6.41. The molecule has 0 aromatic heterocycles. The topological polar surface area (TPSA) is 114 Å². The van der Waals surface area contributed by atoms with E-state index in [1.54, 1.807) is 55.1 Å². The summed E-state index contributed by atoms with van der Waals surface area (Å²) in [5.74, 6) is 0.552. The molecule has 0 saturated heterocycles. The molecule has 0 saturated carbocycles. The number of hydrogen-bond donors (Lipinski definition) is 3. The third kappa shape index (κ3) is 9.19. The van der Waals surface area contributed by atoms with Gasteiger partial charge in [0.15, 0.2) is 6.61 Å². The standard InChI is InChI=1S/C22H29N3O5S2/c1-3-15-32(28,29)25-18-11-9-17(10-12-18)23-22(27)20(13-14-31-2)24-21(26)16-30-19-7-5-4-6-8-19/h4-12,20,25H,3,13-16H2,1-2H3,(H,23,27)(H,24,26). The number of rotatable bonds is 13. The van der Waals surface area contributed by atoms with Gasteiger partial charge in [-0.15, -0.1) is 0 Å². The van der Waals surface area contributed by atoms with Crippen LogP contribution in [0.2, 0.25) is 0 Å². The molecule has 0 radical (unpaired) electrons. The second-order valence-corrected chi connectivity index (χ2v) is 9.82. The van der Waals surface area contributed by atoms with Crippen LogP contribution in [-0.4, -0.2) is 50.6 Å². The van der Waals surface area contributed by atoms with Crippen molar-refractivity contribution in [3.8, 4) is 5.75 Å². The Hall–Kier alpha value is -2.72. The number of sulfonamides is 1. The van der Waals surface area contributed by atoms with Gasteiger partial charge in [-0.05, 0) is 61.2 Å². The fraction of sp³-hybridized carbons (Fsp3) is 0.364. The molecule has 1 unspecified atom stereocenters. The van der Waals surface area contributed by atoms with Gasteiger partial charge in [-0.25, -0.2) is 8.42 Å². The molecule has 0 heterocycles. The van der Waals surface area contributed by atoms with Gasteiger partial charge in [0.05, 0.1) is 5.75 Å². The minimum atomic E-state index is -3.38. The molecule has 8 nitrogen and oxygen atoms in total. The van der Waals surface area contributed by atoms with Crippen molar-refractivity contribution in [1.82, 2.24) is 5.32 Å². The van der Waals surface area contributed by atoms with Gasteiger partial charge >= 0.3 is 0 Å². The predicted octanol–water partition coefficient (Wildman–Crippen LogP) is 3.09. The number of benzene rings is 2. The number of hydrogen-bond acceptors (Lipinski definition) is 6. The molecule has 0 aliphatic heterocycles. The van der Waals surface area contributed by atoms with Gasteiger partial charge in [0.25, 0.3) is 5.91 Å². The fourth-order valence-electron chi connectivity index (χ4n) is 2.76. The van der Waals surface area contributed by atoms with Crippen molar-refractivity contribution < 1.29 is 22.7 Å². The number of ether oxygens (including phenoxy) is 1. The second-order valence-electron chi connectivity index (χ2n) is 6.99. The average molecular weight is 480 g/mol. The summed E-state index contributed by atoms with van der Waals surface area (Å²) in [7, 11) is -3.38. The number of thioether (sulfide) groups is 1. The molecule has 0 spiro atoms. The number of nitrogens with one attached hydrogen (secondary N) is 3. The molecule has 0 fully saturated rings. The maximum absolute atomic E-state index is 12.7. The summed E-state index contributed by atoms with van der Waals surface area (Å²) in [5, 5.41) is 5.48. The quantitative estimate of drug-likeness (QED) is 0.407. The van der Waals surface area contributed by atoms with Gasteiger partial charge < -0.3 is 15.4 Å². The van der Waals surface area contributed by atoms with E-state index in [0.717, 1.165) is 0 Å². The van der Waals surface area contributed by atoms with Gasteiger partial charge in [-0.2, -0.15) is 11.8 Å². The molecule has 2 aromatic rings. The summed E-state index contributed by atoms with van der Waals surface area (Å²) >= 11 is 1.57. The molecular formula is C22H29N3O5S2. The minimum absolute atomic E-state index is 0.0380. The van der Waals surface area contributed by atoms with Crippen molar-refractivity contribution in [1.29, 1.82) is 0 Å². The first-order chi connectivity index (χ1) is 15.3. The zero-order valence-corrected chi connectivity index (χ0v) is 19.8. The summed E-state index contributed by atoms with van der Waals surface area (Å²) < 4.78 is 31.7. The molecule has 1 atom stereocenters. The highest BCUT2D eigenvalue weighted by Gasteiger charge is 2.21. The normalized spacial score (nSPS) is 11.9. The lowest BCUT2D eigenvalue weighted by Crippen LogP contribution is -2.45. The first kappa shape index (κ1) is 25.5. The molecule has 174 valence electrons. The summed E-state index contributed by atoms with van der Waals surface area (Å²) in [5.41, 5.74) is 0.916. The van der Waals surface area contributed by atoms with Crippen LogP contribution in [0.25, 0.3) is 0 Å². The van der Waals surface area contributed by atoms with E-state index in [1.807, 2.05) is 24.5 Å². The first-order valence-corrected chi connectivity index (χ1v) is 13.2. The Balaban J connectivity index is 1.94. The van der Waals surface area contributed by atoms with Crippen LogP contribution in [0.5, 0.6) is 5.75 Å². The number of amides is 2. The van der Waals surface area contributed by atoms with E-state index < -0.39 is 22.0 Å². The SMILES string of the molecule is CCCS(=O)(=O)Nc1ccc(NC(=O)C(CCSC)NC(=O)COc2ccccc2)cc1. The molecule has 2 rings (SSSR count). The maximum Gasteiger partial charge on any atom is 0.258 e. The monoisotopic (exact) mass is 479 g/mol. The van der Waals surface area contributed by atoms with E-state index in [1.165, 1.54) is 0 Å². The molecule has 0 bridgehead atoms. The summed E-state index contributed by atoms with van der Waals surface area (Å²) in [6.07, 6.45) is 2.90. The van der Waals surface area contributed by atoms with Gasteiger partial charge in [0.2, 0.25) is 15.9 Å². The maximum atomic E-state index is 12.7. The molecule has 32 heavy (non-hydrogen) atoms. The van der Waals surface area contributed by atoms with Crippen molar-refractivity contribution in [2.45, 2.75) is 25.8 Å². The molecule has 2 amide bonds. The molecule has 2 aromatic carbocycles. The van der Waals surface area contributed by atoms with E-state index in [-0.39, 0.29) is 18.3 Å². The van der Waals surface area contributed by atoms with Crippen LogP contribution in [0.1, 0.15) is 19.8 Å². The van der Waals surface area contributed by atoms with Gasteiger partial charge in [-0.3, -0.25) is 14.3 Å². The van der Waals surface area contributed by atoms with Crippen molar-refractivity contribution in [2.24, 2.45) is 0 Å². The Bertz CT molecular complexity index is 967. The molecule has 0 aliphatic rings. The Kier molecular flexibility index (Phi) is 10.4. The third-order valence-electron chi connectivity index (χ3n) is 4.27. The summed E-state index contributed by atoms with van der Waals surface area (Å²) in [4.78, 5) is 25.0. The zero-order chi connectivity index (χ0) is 23.4. The Morgan fingerprint density at radius 3 is 2.31 bits per heavy atom. The lowest BCUT2D eigenvalue weighted by molar-refractivity contribution is -0.127. The summed E-state index contributed by atoms with van der Waals surface area (Å²) in [6.45, 7) is 1.59. The predicted molar refractivity (Wildman–Crippen MR) is 130 cm³/mol. The van der Waals surface area contributed by atoms with Crippen LogP contribution in [0.15, 0.2) is 54.6 Å². The fourth-order valence-corrected chi connectivity index (χ4v) is 4.36. The van der Waals surface area contributed by atoms with Crippen LogP contribution < -0.4 is 20.1 Å². The first-order valence-electron chi connectivity index (χ1n) is 10.2. The van der Waals surface area contributed by atoms with Crippen LogP contribution >= 0.6 is 11.8 Å². The van der Waals surface area contributed by atoms with Gasteiger partial charge in [0.1, 0.15) is 11.8 Å². The van der Waals surface area contributed by atoms with Crippen LogP contribution in [0.4, 0.5) is 11.4 Å². The second kappa shape index (κ2) is 13.0. The van der Waals surface area contributed by atoms with Crippen molar-refractivity contribution in [3.63, 3.8) is 0 Å². The Morgan fingerprint density at radius 1 is 1.03 bits per heavy atom. The zero-order valence-electron chi connectivity index (χ0n) is 18.2. The number of carbonyl (C=O) groups is 2. The number of carbonyl (C=O) groups excluding carboxylic acids is 2. The minimum Gasteiger partial charge on any atom is -0.484 e. The van der Waals surface area contributed by atoms with E-state index in [9.17, 15) is 18.0 Å². The van der Waals surface area contributed by atoms with Gasteiger partial charge in [0, 0.05) is 11.4 Å². The Labute approximate surface area is 193 Å². The van der Waals surface area contributed by atoms with Crippen LogP contribution in [-0.2, 0) is 19.6 Å². The summed E-state index contributed by atoms with van der Waals surface area (Å²) in [6, 6.07) is 14.6. The molecule has 3 N–H and O–H groups in total. The van der Waals surface area contributed by atoms with Crippen LogP contribution in [0.3, 0.4) is 0 Å². The lowest BCUT2D eigenvalue weighted by atomic mass is 10.2. The average Bonchev–Trinajstić information content (AvgIpc) is 2.77. The highest BCUT2D eigenvalue weighted by molar-refractivity contribution is 7.98. The largest absolute Gasteiger partial charge is 0.484 e. The van der Waals surface area contributed by atoms with Crippen molar-refractivity contribution >= 4 is 45.0 Å². The highest BCUT2D eigenvalue weighted by Crippen LogP contribution is 2.16. The number of para-hydroxylation sites is 1. The van der Waals surface area contributed by atoms with E-state index in [2.05, 4.69) is 15.4 Å². The van der Waals surface area contributed by atoms with E-state index in [0.29, 0.717) is 35.7 Å². The smallest absolute Gasteiger partial charge is 0.258 e. The van der Waals surface area contributed by atoms with Crippen molar-refractivity contribution in [3.05, 3.63) is 54.6 Å². The molecular weight excluding hydrogens is 450 g/mol. The molecule has 10 heteroatoms. The van der Waals surface area contributed by atoms with Crippen LogP contribution in [0, 0.1) is 0 Å². The molecule has 0 aliphatic carbocycles. The Morgan fingerprint density at radius 2 is 1.69 bits per heavy atom. The van der Waals surface area contributed by atoms with Crippen molar-refractivity contribution in [2.75, 3.05) is 34.4 Å². The highest BCUT2D eigenvalue weighted by atomic mass is 32.2. The van der Waals surface area contributed by atoms with E-state index in [4.69, 9.17) is 4.74 Å². The number of anilines is 2. The van der Waals surface area contributed by atoms with E-state index >= 15 is 0 Å². The van der Waals surface area contributed by atoms with Gasteiger partial charge in [-0.1, -0.05) is 25.1 Å². The lowest BCUT2D eigenvalue weighted by Gasteiger charge is -2.18.